The first-order valence-electron chi connectivity index (χ1n) is 7.53. The Morgan fingerprint density at radius 1 is 0.950 bits per heavy atom. The van der Waals surface area contributed by atoms with E-state index < -0.39 is 0 Å². The lowest BCUT2D eigenvalue weighted by Crippen LogP contribution is -2.36. The molecule has 1 aliphatic heterocycles. The maximum Gasteiger partial charge on any atom is 0.0602 e. The van der Waals surface area contributed by atoms with Crippen LogP contribution in [-0.4, -0.2) is 23.0 Å². The monoisotopic (exact) mass is 266 g/mol. The zero-order chi connectivity index (χ0) is 13.8. The fourth-order valence-corrected chi connectivity index (χ4v) is 3.08. The summed E-state index contributed by atoms with van der Waals surface area (Å²) in [5.74, 6) is 0.861. The Kier molecular flexibility index (Phi) is 4.12. The van der Waals surface area contributed by atoms with Crippen LogP contribution < -0.4 is 0 Å². The lowest BCUT2D eigenvalue weighted by atomic mass is 9.92. The number of rotatable bonds is 3. The third-order valence-corrected chi connectivity index (χ3v) is 4.32. The van der Waals surface area contributed by atoms with Gasteiger partial charge < -0.3 is 0 Å². The summed E-state index contributed by atoms with van der Waals surface area (Å²) in [7, 11) is 0. The van der Waals surface area contributed by atoms with Gasteiger partial charge in [0.1, 0.15) is 0 Å². The van der Waals surface area contributed by atoms with Crippen LogP contribution in [0.2, 0.25) is 0 Å². The van der Waals surface area contributed by atoms with Gasteiger partial charge in [-0.15, -0.1) is 0 Å². The van der Waals surface area contributed by atoms with Crippen molar-refractivity contribution in [1.82, 2.24) is 9.88 Å². The first-order valence-corrected chi connectivity index (χ1v) is 7.53. The average Bonchev–Trinajstić information content (AvgIpc) is 2.52. The van der Waals surface area contributed by atoms with Crippen LogP contribution >= 0.6 is 0 Å². The molecule has 1 saturated heterocycles. The van der Waals surface area contributed by atoms with Gasteiger partial charge >= 0.3 is 0 Å². The molecule has 1 unspecified atom stereocenters. The normalized spacial score (nSPS) is 18.9. The molecule has 3 rings (SSSR count). The van der Waals surface area contributed by atoms with Crippen LogP contribution in [0.3, 0.4) is 0 Å². The molecule has 0 saturated carbocycles. The van der Waals surface area contributed by atoms with Gasteiger partial charge in [0.05, 0.1) is 6.04 Å². The lowest BCUT2D eigenvalue weighted by molar-refractivity contribution is 0.157. The Bertz CT molecular complexity index is 476. The number of piperidine rings is 1. The molecule has 0 N–H and O–H groups in total. The van der Waals surface area contributed by atoms with Crippen LogP contribution in [0.5, 0.6) is 0 Å². The van der Waals surface area contributed by atoms with Crippen LogP contribution in [0, 0.1) is 5.92 Å². The summed E-state index contributed by atoms with van der Waals surface area (Å²) in [6.07, 6.45) is 6.40. The van der Waals surface area contributed by atoms with Crippen molar-refractivity contribution in [3.05, 3.63) is 66.0 Å². The predicted molar refractivity (Wildman–Crippen MR) is 82.5 cm³/mol. The minimum absolute atomic E-state index is 0.367. The molecule has 0 radical (unpaired) electrons. The molecule has 1 atom stereocenters. The number of aromatic nitrogens is 1. The molecule has 0 spiro atoms. The summed E-state index contributed by atoms with van der Waals surface area (Å²) in [6, 6.07) is 15.5. The van der Waals surface area contributed by atoms with Gasteiger partial charge in [-0.25, -0.2) is 0 Å². The topological polar surface area (TPSA) is 16.1 Å². The smallest absolute Gasteiger partial charge is 0.0602 e. The molecule has 2 heterocycles. The van der Waals surface area contributed by atoms with E-state index in [0.29, 0.717) is 6.04 Å². The standard InChI is InChI=1S/C18H22N2/c1-15-9-13-20(14-10-15)18(16-5-3-2-4-6-16)17-7-11-19-12-8-17/h2-8,11-12,15,18H,9-10,13-14H2,1H3. The minimum Gasteiger partial charge on any atom is -0.292 e. The van der Waals surface area contributed by atoms with E-state index in [9.17, 15) is 0 Å². The zero-order valence-corrected chi connectivity index (χ0v) is 12.1. The van der Waals surface area contributed by atoms with Crippen molar-refractivity contribution in [3.63, 3.8) is 0 Å². The van der Waals surface area contributed by atoms with E-state index in [2.05, 4.69) is 59.3 Å². The first kappa shape index (κ1) is 13.3. The number of nitrogens with zero attached hydrogens (tertiary/aromatic N) is 2. The largest absolute Gasteiger partial charge is 0.292 e. The molecule has 2 nitrogen and oxygen atoms in total. The first-order chi connectivity index (χ1) is 9.84. The highest BCUT2D eigenvalue weighted by molar-refractivity contribution is 5.30. The summed E-state index contributed by atoms with van der Waals surface area (Å²) in [6.45, 7) is 4.73. The second-order valence-electron chi connectivity index (χ2n) is 5.81. The fraction of sp³-hybridized carbons (Fsp3) is 0.389. The van der Waals surface area contributed by atoms with Crippen molar-refractivity contribution in [1.29, 1.82) is 0 Å². The van der Waals surface area contributed by atoms with Crippen LogP contribution in [0.25, 0.3) is 0 Å². The molecule has 20 heavy (non-hydrogen) atoms. The molecule has 2 aromatic rings. The highest BCUT2D eigenvalue weighted by atomic mass is 15.2. The number of benzene rings is 1. The van der Waals surface area contributed by atoms with Crippen LogP contribution in [-0.2, 0) is 0 Å². The van der Waals surface area contributed by atoms with Crippen LogP contribution in [0.1, 0.15) is 36.9 Å². The van der Waals surface area contributed by atoms with Crippen molar-refractivity contribution in [2.75, 3.05) is 13.1 Å². The Morgan fingerprint density at radius 2 is 1.55 bits per heavy atom. The van der Waals surface area contributed by atoms with Crippen LogP contribution in [0.4, 0.5) is 0 Å². The van der Waals surface area contributed by atoms with Gasteiger partial charge in [-0.2, -0.15) is 0 Å². The summed E-state index contributed by atoms with van der Waals surface area (Å²) in [4.78, 5) is 6.78. The van der Waals surface area contributed by atoms with Gasteiger partial charge in [0, 0.05) is 12.4 Å². The molecule has 1 fully saturated rings. The van der Waals surface area contributed by atoms with Gasteiger partial charge in [0.25, 0.3) is 0 Å². The second kappa shape index (κ2) is 6.19. The van der Waals surface area contributed by atoms with Crippen LogP contribution in [0.15, 0.2) is 54.9 Å². The summed E-state index contributed by atoms with van der Waals surface area (Å²) in [5.41, 5.74) is 2.73. The third kappa shape index (κ3) is 2.91. The number of hydrogen-bond donors (Lipinski definition) is 0. The highest BCUT2D eigenvalue weighted by Crippen LogP contribution is 2.31. The van der Waals surface area contributed by atoms with Gasteiger partial charge in [-0.05, 0) is 55.1 Å². The van der Waals surface area contributed by atoms with E-state index in [1.54, 1.807) is 0 Å². The number of likely N-dealkylation sites (tertiary alicyclic amines) is 1. The summed E-state index contributed by atoms with van der Waals surface area (Å²) >= 11 is 0. The Labute approximate surface area is 121 Å². The molecule has 1 aromatic carbocycles. The molecule has 0 amide bonds. The Balaban J connectivity index is 1.92. The van der Waals surface area contributed by atoms with Crippen molar-refractivity contribution >= 4 is 0 Å². The molecular weight excluding hydrogens is 244 g/mol. The van der Waals surface area contributed by atoms with Crippen molar-refractivity contribution < 1.29 is 0 Å². The van der Waals surface area contributed by atoms with Gasteiger partial charge in [-0.3, -0.25) is 9.88 Å². The lowest BCUT2D eigenvalue weighted by Gasteiger charge is -2.37. The third-order valence-electron chi connectivity index (χ3n) is 4.32. The van der Waals surface area contributed by atoms with E-state index >= 15 is 0 Å². The molecule has 1 aromatic heterocycles. The highest BCUT2D eigenvalue weighted by Gasteiger charge is 2.25. The molecule has 104 valence electrons. The maximum absolute atomic E-state index is 4.16. The summed E-state index contributed by atoms with van der Waals surface area (Å²) in [5, 5.41) is 0. The van der Waals surface area contributed by atoms with E-state index in [1.165, 1.54) is 37.1 Å². The van der Waals surface area contributed by atoms with Gasteiger partial charge in [0.15, 0.2) is 0 Å². The zero-order valence-electron chi connectivity index (χ0n) is 12.1. The van der Waals surface area contributed by atoms with Gasteiger partial charge in [0.2, 0.25) is 0 Å². The van der Waals surface area contributed by atoms with E-state index in [1.807, 2.05) is 12.4 Å². The molecule has 1 aliphatic rings. The van der Waals surface area contributed by atoms with Crippen molar-refractivity contribution in [2.24, 2.45) is 5.92 Å². The fourth-order valence-electron chi connectivity index (χ4n) is 3.08. The molecule has 0 aliphatic carbocycles. The Morgan fingerprint density at radius 3 is 2.20 bits per heavy atom. The van der Waals surface area contributed by atoms with Crippen molar-refractivity contribution in [3.8, 4) is 0 Å². The van der Waals surface area contributed by atoms with Crippen molar-refractivity contribution in [2.45, 2.75) is 25.8 Å². The Hall–Kier alpha value is -1.67. The average molecular weight is 266 g/mol. The predicted octanol–water partition coefficient (Wildman–Crippen LogP) is 3.90. The molecule has 2 heteroatoms. The SMILES string of the molecule is CC1CCN(C(c2ccccc2)c2ccncc2)CC1. The quantitative estimate of drug-likeness (QED) is 0.837. The molecule has 0 bridgehead atoms. The molecular formula is C18H22N2. The maximum atomic E-state index is 4.16. The second-order valence-corrected chi connectivity index (χ2v) is 5.81. The minimum atomic E-state index is 0.367. The number of pyridine rings is 1. The van der Waals surface area contributed by atoms with E-state index in [-0.39, 0.29) is 0 Å². The summed E-state index contributed by atoms with van der Waals surface area (Å²) < 4.78 is 0. The van der Waals surface area contributed by atoms with E-state index in [4.69, 9.17) is 0 Å². The number of hydrogen-bond acceptors (Lipinski definition) is 2. The van der Waals surface area contributed by atoms with E-state index in [0.717, 1.165) is 5.92 Å². The van der Waals surface area contributed by atoms with Gasteiger partial charge in [-0.1, -0.05) is 37.3 Å².